The molecular weight excluding hydrogens is 230 g/mol. The van der Waals surface area contributed by atoms with Crippen molar-refractivity contribution in [2.75, 3.05) is 6.54 Å². The highest BCUT2D eigenvalue weighted by Gasteiger charge is 2.26. The molecule has 1 aliphatic heterocycles. The maximum Gasteiger partial charge on any atom is 0.236 e. The largest absolute Gasteiger partial charge is 0.368 e. The zero-order valence-electron chi connectivity index (χ0n) is 10.3. The van der Waals surface area contributed by atoms with Crippen LogP contribution in [0.15, 0.2) is 30.3 Å². The number of carbonyl (C=O) groups is 1. The molecule has 5 heteroatoms. The van der Waals surface area contributed by atoms with E-state index in [2.05, 4.69) is 5.59 Å². The van der Waals surface area contributed by atoms with E-state index in [9.17, 15) is 4.79 Å². The molecule has 0 bridgehead atoms. The van der Waals surface area contributed by atoms with E-state index in [0.29, 0.717) is 6.61 Å². The van der Waals surface area contributed by atoms with E-state index < -0.39 is 0 Å². The molecule has 1 amide bonds. The molecular formula is C13H19N3O2. The zero-order chi connectivity index (χ0) is 12.8. The van der Waals surface area contributed by atoms with Gasteiger partial charge in [0.05, 0.1) is 6.61 Å². The van der Waals surface area contributed by atoms with E-state index >= 15 is 0 Å². The summed E-state index contributed by atoms with van der Waals surface area (Å²) in [5, 5.41) is 1.79. The van der Waals surface area contributed by atoms with E-state index in [1.54, 1.807) is 5.01 Å². The van der Waals surface area contributed by atoms with Crippen LogP contribution < -0.4 is 11.3 Å². The van der Waals surface area contributed by atoms with Crippen LogP contribution in [0.1, 0.15) is 24.8 Å². The van der Waals surface area contributed by atoms with Crippen molar-refractivity contribution < 1.29 is 9.63 Å². The fourth-order valence-corrected chi connectivity index (χ4v) is 2.11. The number of nitrogens with two attached hydrogens (primary N) is 1. The van der Waals surface area contributed by atoms with Crippen molar-refractivity contribution >= 4 is 5.91 Å². The van der Waals surface area contributed by atoms with Gasteiger partial charge in [0.15, 0.2) is 0 Å². The van der Waals surface area contributed by atoms with Gasteiger partial charge < -0.3 is 5.73 Å². The Balaban J connectivity index is 1.79. The van der Waals surface area contributed by atoms with E-state index in [-0.39, 0.29) is 11.9 Å². The summed E-state index contributed by atoms with van der Waals surface area (Å²) in [5.74, 6) is -0.300. The number of amides is 1. The molecule has 1 aromatic rings. The van der Waals surface area contributed by atoms with Crippen LogP contribution in [0.25, 0.3) is 0 Å². The molecule has 0 radical (unpaired) electrons. The lowest BCUT2D eigenvalue weighted by Gasteiger charge is -2.32. The maximum atomic E-state index is 11.3. The van der Waals surface area contributed by atoms with Gasteiger partial charge in [-0.15, -0.1) is 5.59 Å². The second kappa shape index (κ2) is 6.49. The number of benzene rings is 1. The van der Waals surface area contributed by atoms with Gasteiger partial charge in [-0.1, -0.05) is 30.3 Å². The molecule has 0 saturated carbocycles. The number of nitrogens with zero attached hydrogens (tertiary/aromatic N) is 1. The molecule has 0 aromatic heterocycles. The van der Waals surface area contributed by atoms with E-state index in [1.807, 2.05) is 30.3 Å². The first-order valence-corrected chi connectivity index (χ1v) is 6.24. The predicted octanol–water partition coefficient (Wildman–Crippen LogP) is 0.963. The molecule has 0 spiro atoms. The lowest BCUT2D eigenvalue weighted by molar-refractivity contribution is -0.145. The van der Waals surface area contributed by atoms with Gasteiger partial charge in [0.2, 0.25) is 5.91 Å². The summed E-state index contributed by atoms with van der Waals surface area (Å²) in [6, 6.07) is 9.60. The smallest absolute Gasteiger partial charge is 0.236 e. The van der Waals surface area contributed by atoms with Gasteiger partial charge in [-0.05, 0) is 24.8 Å². The highest BCUT2D eigenvalue weighted by molar-refractivity contribution is 5.79. The second-order valence-electron chi connectivity index (χ2n) is 4.47. The molecule has 98 valence electrons. The summed E-state index contributed by atoms with van der Waals surface area (Å²) in [6.45, 7) is 1.24. The molecule has 3 N–H and O–H groups in total. The molecule has 1 heterocycles. The molecule has 1 fully saturated rings. The number of hydrazine groups is 1. The summed E-state index contributed by atoms with van der Waals surface area (Å²) in [5.41, 5.74) is 9.28. The monoisotopic (exact) mass is 249 g/mol. The number of piperidine rings is 1. The van der Waals surface area contributed by atoms with Crippen LogP contribution in [0.2, 0.25) is 0 Å². The number of hydrogen-bond acceptors (Lipinski definition) is 4. The van der Waals surface area contributed by atoms with Gasteiger partial charge >= 0.3 is 0 Å². The van der Waals surface area contributed by atoms with Crippen LogP contribution in [0.4, 0.5) is 0 Å². The number of rotatable bonds is 5. The quantitative estimate of drug-likeness (QED) is 0.763. The maximum absolute atomic E-state index is 11.3. The topological polar surface area (TPSA) is 67.6 Å². The minimum atomic E-state index is -0.300. The van der Waals surface area contributed by atoms with Crippen LogP contribution in [0.3, 0.4) is 0 Å². The number of primary amides is 1. The summed E-state index contributed by atoms with van der Waals surface area (Å²) in [4.78, 5) is 16.7. The Kier molecular flexibility index (Phi) is 4.69. The minimum Gasteiger partial charge on any atom is -0.368 e. The summed E-state index contributed by atoms with van der Waals surface area (Å²) in [7, 11) is 0. The van der Waals surface area contributed by atoms with Crippen LogP contribution in [-0.2, 0) is 16.2 Å². The molecule has 0 aliphatic carbocycles. The van der Waals surface area contributed by atoms with E-state index in [1.165, 1.54) is 0 Å². The Bertz CT molecular complexity index is 383. The molecule has 1 atom stereocenters. The van der Waals surface area contributed by atoms with Crippen LogP contribution in [0.5, 0.6) is 0 Å². The normalized spacial score (nSPS) is 20.8. The molecule has 1 saturated heterocycles. The van der Waals surface area contributed by atoms with Crippen LogP contribution in [-0.4, -0.2) is 23.5 Å². The van der Waals surface area contributed by atoms with Crippen molar-refractivity contribution in [3.8, 4) is 0 Å². The fraction of sp³-hybridized carbons (Fsp3) is 0.462. The highest BCUT2D eigenvalue weighted by Crippen LogP contribution is 2.14. The van der Waals surface area contributed by atoms with E-state index in [4.69, 9.17) is 10.6 Å². The zero-order valence-corrected chi connectivity index (χ0v) is 10.3. The molecule has 2 rings (SSSR count). The third-order valence-electron chi connectivity index (χ3n) is 3.09. The van der Waals surface area contributed by atoms with Gasteiger partial charge in [0.25, 0.3) is 0 Å². The molecule has 1 aliphatic rings. The average molecular weight is 249 g/mol. The van der Waals surface area contributed by atoms with Crippen molar-refractivity contribution in [3.05, 3.63) is 35.9 Å². The first-order valence-electron chi connectivity index (χ1n) is 6.24. The first-order chi connectivity index (χ1) is 8.77. The Morgan fingerprint density at radius 2 is 2.17 bits per heavy atom. The van der Waals surface area contributed by atoms with Crippen molar-refractivity contribution in [1.29, 1.82) is 0 Å². The SMILES string of the molecule is NC(=O)[C@@H]1CCCCN1NOCc1ccccc1. The van der Waals surface area contributed by atoms with Gasteiger partial charge in [0, 0.05) is 6.54 Å². The van der Waals surface area contributed by atoms with Crippen molar-refractivity contribution in [2.24, 2.45) is 5.73 Å². The molecule has 18 heavy (non-hydrogen) atoms. The Morgan fingerprint density at radius 1 is 1.39 bits per heavy atom. The molecule has 5 nitrogen and oxygen atoms in total. The van der Waals surface area contributed by atoms with Gasteiger partial charge in [-0.25, -0.2) is 5.01 Å². The second-order valence-corrected chi connectivity index (χ2v) is 4.47. The van der Waals surface area contributed by atoms with Gasteiger partial charge in [-0.2, -0.15) is 0 Å². The Labute approximate surface area is 107 Å². The molecule has 1 aromatic carbocycles. The summed E-state index contributed by atoms with van der Waals surface area (Å²) in [6.07, 6.45) is 2.87. The van der Waals surface area contributed by atoms with Crippen molar-refractivity contribution in [3.63, 3.8) is 0 Å². The standard InChI is InChI=1S/C13H19N3O2/c14-13(17)12-8-4-5-9-16(12)15-18-10-11-6-2-1-3-7-11/h1-3,6-7,12,15H,4-5,8-10H2,(H2,14,17)/t12-/m0/s1. The first kappa shape index (κ1) is 13.0. The minimum absolute atomic E-state index is 0.269. The summed E-state index contributed by atoms with van der Waals surface area (Å²) < 4.78 is 0. The van der Waals surface area contributed by atoms with Gasteiger partial charge in [0.1, 0.15) is 6.04 Å². The lowest BCUT2D eigenvalue weighted by atomic mass is 10.0. The number of nitrogens with one attached hydrogen (secondary N) is 1. The predicted molar refractivity (Wildman–Crippen MR) is 67.9 cm³/mol. The van der Waals surface area contributed by atoms with Crippen molar-refractivity contribution in [2.45, 2.75) is 31.9 Å². The van der Waals surface area contributed by atoms with E-state index in [0.717, 1.165) is 31.4 Å². The van der Waals surface area contributed by atoms with Crippen molar-refractivity contribution in [1.82, 2.24) is 10.6 Å². The Morgan fingerprint density at radius 3 is 2.89 bits per heavy atom. The molecule has 0 unspecified atom stereocenters. The third kappa shape index (κ3) is 3.53. The highest BCUT2D eigenvalue weighted by atomic mass is 16.7. The summed E-state index contributed by atoms with van der Waals surface area (Å²) >= 11 is 0. The third-order valence-corrected chi connectivity index (χ3v) is 3.09. The Hall–Kier alpha value is -1.43. The van der Waals surface area contributed by atoms with Crippen LogP contribution >= 0.6 is 0 Å². The lowest BCUT2D eigenvalue weighted by Crippen LogP contribution is -2.53. The fourth-order valence-electron chi connectivity index (χ4n) is 2.11. The average Bonchev–Trinajstić information content (AvgIpc) is 2.40. The number of hydrogen-bond donors (Lipinski definition) is 2. The van der Waals surface area contributed by atoms with Gasteiger partial charge in [-0.3, -0.25) is 9.63 Å². The van der Waals surface area contributed by atoms with Crippen LogP contribution in [0, 0.1) is 0 Å². The number of carbonyl (C=O) groups excluding carboxylic acids is 1.